The number of carbonyl (C=O) groups excluding carboxylic acids is 1. The van der Waals surface area contributed by atoms with Crippen LogP contribution in [0.15, 0.2) is 24.3 Å². The van der Waals surface area contributed by atoms with Crippen LogP contribution in [-0.2, 0) is 0 Å². The van der Waals surface area contributed by atoms with E-state index in [9.17, 15) is 9.59 Å². The van der Waals surface area contributed by atoms with Crippen LogP contribution >= 0.6 is 0 Å². The third-order valence-electron chi connectivity index (χ3n) is 1.54. The summed E-state index contributed by atoms with van der Waals surface area (Å²) in [7, 11) is 0. The van der Waals surface area contributed by atoms with Crippen molar-refractivity contribution >= 4 is 63.1 Å². The van der Waals surface area contributed by atoms with Crippen molar-refractivity contribution in [2.24, 2.45) is 0 Å². The zero-order valence-electron chi connectivity index (χ0n) is 7.57. The molecule has 0 aliphatic carbocycles. The Morgan fingerprint density at radius 2 is 1.46 bits per heavy atom. The summed E-state index contributed by atoms with van der Waals surface area (Å²) >= 11 is 0. The maximum atomic E-state index is 10.8. The standard InChI is InChI=1S/C9H8O3.K/c1-6(10)7-2-4-8(5-3-7)9(11)12;/h2-5H,1H3,(H,11,12);. The third kappa shape index (κ3) is 3.70. The van der Waals surface area contributed by atoms with Crippen molar-refractivity contribution in [1.82, 2.24) is 0 Å². The second-order valence-corrected chi connectivity index (χ2v) is 2.44. The Bertz CT molecular complexity index is 283. The molecule has 0 fully saturated rings. The Kier molecular flexibility index (Phi) is 5.67. The summed E-state index contributed by atoms with van der Waals surface area (Å²) < 4.78 is 0. The van der Waals surface area contributed by atoms with Crippen LogP contribution in [-0.4, -0.2) is 68.2 Å². The molecule has 0 bridgehead atoms. The fourth-order valence-electron chi connectivity index (χ4n) is 0.848. The first kappa shape index (κ1) is 13.0. The molecule has 13 heavy (non-hydrogen) atoms. The average Bonchev–Trinajstić information content (AvgIpc) is 2.04. The van der Waals surface area contributed by atoms with Crippen molar-refractivity contribution < 1.29 is 14.7 Å². The average molecular weight is 203 g/mol. The Morgan fingerprint density at radius 3 is 1.77 bits per heavy atom. The molecule has 0 aliphatic rings. The molecule has 0 atom stereocenters. The summed E-state index contributed by atoms with van der Waals surface area (Å²) in [5, 5.41) is 8.53. The molecule has 0 heterocycles. The third-order valence-corrected chi connectivity index (χ3v) is 1.54. The van der Waals surface area contributed by atoms with Crippen molar-refractivity contribution in [2.75, 3.05) is 0 Å². The maximum Gasteiger partial charge on any atom is 0.335 e. The Hall–Kier alpha value is -0.00364. The number of Topliss-reactive ketones (excluding diaryl/α,β-unsaturated/α-hetero) is 1. The minimum absolute atomic E-state index is 0. The number of carboxylic acids is 1. The summed E-state index contributed by atoms with van der Waals surface area (Å²) in [5.74, 6) is -1.04. The molecule has 0 saturated carbocycles. The first-order chi connectivity index (χ1) is 5.61. The predicted octanol–water partition coefficient (Wildman–Crippen LogP) is 1.21. The molecule has 1 N–H and O–H groups in total. The summed E-state index contributed by atoms with van der Waals surface area (Å²) in [6.07, 6.45) is 0. The number of ketones is 1. The minimum atomic E-state index is -0.981. The molecule has 3 nitrogen and oxygen atoms in total. The maximum absolute atomic E-state index is 10.8. The van der Waals surface area contributed by atoms with Crippen LogP contribution in [0.1, 0.15) is 27.6 Å². The Morgan fingerprint density at radius 1 is 1.08 bits per heavy atom. The number of aromatic carboxylic acids is 1. The molecule has 0 aliphatic heterocycles. The van der Waals surface area contributed by atoms with Gasteiger partial charge >= 0.3 is 5.97 Å². The van der Waals surface area contributed by atoms with Gasteiger partial charge in [0.15, 0.2) is 5.78 Å². The van der Waals surface area contributed by atoms with Gasteiger partial charge in [-0.2, -0.15) is 0 Å². The monoisotopic (exact) mass is 203 g/mol. The van der Waals surface area contributed by atoms with Gasteiger partial charge in [-0.15, -0.1) is 0 Å². The summed E-state index contributed by atoms with van der Waals surface area (Å²) in [5.41, 5.74) is 0.722. The molecular formula is C9H8KO3. The van der Waals surface area contributed by atoms with Crippen LogP contribution in [0.5, 0.6) is 0 Å². The normalized spacial score (nSPS) is 8.69. The van der Waals surface area contributed by atoms with Crippen molar-refractivity contribution in [1.29, 1.82) is 0 Å². The first-order valence-electron chi connectivity index (χ1n) is 3.45. The number of hydrogen-bond donors (Lipinski definition) is 1. The van der Waals surface area contributed by atoms with E-state index in [4.69, 9.17) is 5.11 Å². The zero-order valence-corrected chi connectivity index (χ0v) is 10.7. The molecule has 0 unspecified atom stereocenters. The zero-order chi connectivity index (χ0) is 9.14. The quantitative estimate of drug-likeness (QED) is 0.580. The van der Waals surface area contributed by atoms with E-state index in [1.165, 1.54) is 31.2 Å². The molecule has 0 aromatic heterocycles. The molecule has 1 aromatic rings. The van der Waals surface area contributed by atoms with Crippen molar-refractivity contribution in [2.45, 2.75) is 6.92 Å². The second kappa shape index (κ2) is 5.67. The van der Waals surface area contributed by atoms with Crippen LogP contribution in [0, 0.1) is 0 Å². The van der Waals surface area contributed by atoms with Crippen molar-refractivity contribution in [3.05, 3.63) is 35.4 Å². The van der Waals surface area contributed by atoms with E-state index in [2.05, 4.69) is 0 Å². The van der Waals surface area contributed by atoms with E-state index in [1.54, 1.807) is 0 Å². The molecule has 0 spiro atoms. The van der Waals surface area contributed by atoms with Gasteiger partial charge in [-0.1, -0.05) is 12.1 Å². The first-order valence-corrected chi connectivity index (χ1v) is 3.45. The molecule has 1 radical (unpaired) electrons. The van der Waals surface area contributed by atoms with Crippen molar-refractivity contribution in [3.8, 4) is 0 Å². The number of carboxylic acid groups (broad SMARTS) is 1. The number of hydrogen-bond acceptors (Lipinski definition) is 2. The van der Waals surface area contributed by atoms with Gasteiger partial charge in [0.05, 0.1) is 5.56 Å². The van der Waals surface area contributed by atoms with Gasteiger partial charge < -0.3 is 5.11 Å². The molecule has 0 saturated heterocycles. The topological polar surface area (TPSA) is 54.4 Å². The largest absolute Gasteiger partial charge is 0.478 e. The predicted molar refractivity (Wildman–Crippen MR) is 49.2 cm³/mol. The van der Waals surface area contributed by atoms with Crippen LogP contribution in [0.4, 0.5) is 0 Å². The SMILES string of the molecule is CC(=O)c1ccc(C(=O)O)cc1.[K]. The minimum Gasteiger partial charge on any atom is -0.478 e. The summed E-state index contributed by atoms with van der Waals surface area (Å²) in [6, 6.07) is 5.84. The summed E-state index contributed by atoms with van der Waals surface area (Å²) in [4.78, 5) is 21.2. The van der Waals surface area contributed by atoms with E-state index in [-0.39, 0.29) is 62.7 Å². The van der Waals surface area contributed by atoms with Gasteiger partial charge in [-0.3, -0.25) is 4.79 Å². The van der Waals surface area contributed by atoms with Gasteiger partial charge in [-0.05, 0) is 19.1 Å². The van der Waals surface area contributed by atoms with Gasteiger partial charge in [0.2, 0.25) is 0 Å². The Labute approximate surface area is 119 Å². The molecule has 1 aromatic carbocycles. The smallest absolute Gasteiger partial charge is 0.335 e. The van der Waals surface area contributed by atoms with Crippen LogP contribution in [0.2, 0.25) is 0 Å². The van der Waals surface area contributed by atoms with Crippen molar-refractivity contribution in [3.63, 3.8) is 0 Å². The number of carbonyl (C=O) groups is 2. The van der Waals surface area contributed by atoms with E-state index < -0.39 is 5.97 Å². The number of rotatable bonds is 2. The number of benzene rings is 1. The molecule has 63 valence electrons. The van der Waals surface area contributed by atoms with Crippen LogP contribution in [0.25, 0.3) is 0 Å². The summed E-state index contributed by atoms with van der Waals surface area (Å²) in [6.45, 7) is 1.44. The van der Waals surface area contributed by atoms with E-state index in [0.29, 0.717) is 5.56 Å². The van der Waals surface area contributed by atoms with Crippen LogP contribution in [0.3, 0.4) is 0 Å². The molecular weight excluding hydrogens is 195 g/mol. The van der Waals surface area contributed by atoms with Gasteiger partial charge in [0.25, 0.3) is 0 Å². The Balaban J connectivity index is 0.00000144. The van der Waals surface area contributed by atoms with E-state index in [0.717, 1.165) is 0 Å². The van der Waals surface area contributed by atoms with Crippen LogP contribution < -0.4 is 0 Å². The second-order valence-electron chi connectivity index (χ2n) is 2.44. The van der Waals surface area contributed by atoms with E-state index >= 15 is 0 Å². The molecule has 0 amide bonds. The molecule has 1 rings (SSSR count). The van der Waals surface area contributed by atoms with Gasteiger partial charge in [-0.25, -0.2) is 4.79 Å². The van der Waals surface area contributed by atoms with Gasteiger partial charge in [0, 0.05) is 56.9 Å². The van der Waals surface area contributed by atoms with Gasteiger partial charge in [0.1, 0.15) is 0 Å². The molecule has 4 heteroatoms. The fourth-order valence-corrected chi connectivity index (χ4v) is 0.848. The fraction of sp³-hybridized carbons (Fsp3) is 0.111. The van der Waals surface area contributed by atoms with E-state index in [1.807, 2.05) is 0 Å².